The van der Waals surface area contributed by atoms with Crippen molar-refractivity contribution < 1.29 is 4.79 Å². The number of hydrogen-bond acceptors (Lipinski definition) is 1. The van der Waals surface area contributed by atoms with Gasteiger partial charge < -0.3 is 0 Å². The molecule has 1 heteroatoms. The summed E-state index contributed by atoms with van der Waals surface area (Å²) >= 11 is 0. The van der Waals surface area contributed by atoms with Crippen molar-refractivity contribution in [2.45, 2.75) is 33.6 Å². The maximum Gasteiger partial charge on any atom is 0.143 e. The Kier molecular flexibility index (Phi) is 2.59. The minimum Gasteiger partial charge on any atom is -0.299 e. The van der Waals surface area contributed by atoms with Crippen LogP contribution in [0.25, 0.3) is 0 Å². The summed E-state index contributed by atoms with van der Waals surface area (Å²) in [6.45, 7) is 10.6. The predicted molar refractivity (Wildman–Crippen MR) is 74.0 cm³/mol. The summed E-state index contributed by atoms with van der Waals surface area (Å²) in [6, 6.07) is 0. The van der Waals surface area contributed by atoms with Gasteiger partial charge in [-0.25, -0.2) is 0 Å². The fourth-order valence-corrected chi connectivity index (χ4v) is 5.41. The van der Waals surface area contributed by atoms with E-state index in [0.29, 0.717) is 41.3 Å². The Morgan fingerprint density at radius 2 is 2.11 bits per heavy atom. The molecule has 6 atom stereocenters. The smallest absolute Gasteiger partial charge is 0.143 e. The summed E-state index contributed by atoms with van der Waals surface area (Å²) in [5.41, 5.74) is -0.159. The zero-order valence-corrected chi connectivity index (χ0v) is 11.7. The van der Waals surface area contributed by atoms with Gasteiger partial charge in [0.2, 0.25) is 0 Å². The van der Waals surface area contributed by atoms with E-state index in [4.69, 9.17) is 0 Å². The van der Waals surface area contributed by atoms with Crippen molar-refractivity contribution in [2.24, 2.45) is 40.9 Å². The number of Topliss-reactive ketones (excluding diaryl/α,β-unsaturated/α-hetero) is 1. The van der Waals surface area contributed by atoms with Crippen LogP contribution in [0.5, 0.6) is 0 Å². The predicted octanol–water partition coefficient (Wildman–Crippen LogP) is 3.86. The topological polar surface area (TPSA) is 17.1 Å². The second-order valence-corrected chi connectivity index (χ2v) is 7.10. The monoisotopic (exact) mass is 244 g/mol. The maximum atomic E-state index is 12.9. The molecule has 3 rings (SSSR count). The van der Waals surface area contributed by atoms with Gasteiger partial charge in [-0.2, -0.15) is 0 Å². The highest BCUT2D eigenvalue weighted by Gasteiger charge is 2.64. The van der Waals surface area contributed by atoms with Gasteiger partial charge in [0.1, 0.15) is 5.78 Å². The first-order valence-electron chi connectivity index (χ1n) is 7.34. The van der Waals surface area contributed by atoms with Crippen LogP contribution < -0.4 is 0 Å². The Morgan fingerprint density at radius 1 is 1.44 bits per heavy atom. The molecule has 0 aromatic carbocycles. The number of rotatable bonds is 3. The maximum absolute atomic E-state index is 12.9. The van der Waals surface area contributed by atoms with Gasteiger partial charge in [-0.05, 0) is 42.4 Å². The van der Waals surface area contributed by atoms with Gasteiger partial charge in [-0.15, -0.1) is 6.58 Å². The van der Waals surface area contributed by atoms with Gasteiger partial charge in [0.05, 0.1) is 0 Å². The van der Waals surface area contributed by atoms with Crippen LogP contribution >= 0.6 is 0 Å². The van der Waals surface area contributed by atoms with Crippen LogP contribution in [0.1, 0.15) is 33.6 Å². The summed E-state index contributed by atoms with van der Waals surface area (Å²) in [5, 5.41) is 0. The Bertz CT molecular complexity index is 419. The number of carbonyl (C=O) groups excluding carboxylic acids is 1. The molecule has 2 fully saturated rings. The van der Waals surface area contributed by atoms with Gasteiger partial charge >= 0.3 is 0 Å². The first-order valence-corrected chi connectivity index (χ1v) is 7.34. The normalized spacial score (nSPS) is 49.1. The van der Waals surface area contributed by atoms with E-state index < -0.39 is 0 Å². The average Bonchev–Trinajstić information content (AvgIpc) is 2.92. The molecule has 0 aliphatic heterocycles. The second-order valence-electron chi connectivity index (χ2n) is 7.10. The fourth-order valence-electron chi connectivity index (χ4n) is 5.41. The van der Waals surface area contributed by atoms with Crippen molar-refractivity contribution in [1.82, 2.24) is 0 Å². The van der Waals surface area contributed by atoms with Gasteiger partial charge in [0.15, 0.2) is 0 Å². The quantitative estimate of drug-likeness (QED) is 0.689. The standard InChI is InChI=1S/C17H24O/c1-5-8-17(4)15(10(2)3)13-11-6-7-12(9-11)14(13)16(17)18/h5-7,10-15H,1,8-9H2,2-4H3/t11?,12?,13?,14?,15-,17+/m1/s1. The lowest BCUT2D eigenvalue weighted by molar-refractivity contribution is -0.130. The van der Waals surface area contributed by atoms with Crippen LogP contribution in [0.2, 0.25) is 0 Å². The molecule has 4 unspecified atom stereocenters. The fraction of sp³-hybridized carbons (Fsp3) is 0.706. The third-order valence-electron chi connectivity index (χ3n) is 5.82. The third-order valence-corrected chi connectivity index (χ3v) is 5.82. The molecular formula is C17H24O. The molecule has 0 N–H and O–H groups in total. The van der Waals surface area contributed by atoms with Crippen molar-refractivity contribution in [3.8, 4) is 0 Å². The third kappa shape index (κ3) is 1.31. The lowest BCUT2D eigenvalue weighted by Crippen LogP contribution is -2.35. The van der Waals surface area contributed by atoms with Crippen LogP contribution in [0.15, 0.2) is 24.8 Å². The zero-order valence-electron chi connectivity index (χ0n) is 11.7. The molecule has 18 heavy (non-hydrogen) atoms. The number of ketones is 1. The summed E-state index contributed by atoms with van der Waals surface area (Å²) in [7, 11) is 0. The molecule has 3 aliphatic rings. The van der Waals surface area contributed by atoms with Gasteiger partial charge in [0, 0.05) is 11.3 Å². The summed E-state index contributed by atoms with van der Waals surface area (Å²) in [4.78, 5) is 12.9. The van der Waals surface area contributed by atoms with E-state index in [1.54, 1.807) is 0 Å². The highest BCUT2D eigenvalue weighted by Crippen LogP contribution is 2.64. The van der Waals surface area contributed by atoms with Gasteiger partial charge in [-0.1, -0.05) is 39.0 Å². The highest BCUT2D eigenvalue weighted by atomic mass is 16.1. The van der Waals surface area contributed by atoms with Crippen LogP contribution in [0.3, 0.4) is 0 Å². The van der Waals surface area contributed by atoms with E-state index in [-0.39, 0.29) is 5.41 Å². The molecule has 0 aromatic rings. The first kappa shape index (κ1) is 12.2. The van der Waals surface area contributed by atoms with E-state index in [0.717, 1.165) is 6.42 Å². The molecule has 0 heterocycles. The van der Waals surface area contributed by atoms with Crippen LogP contribution in [0.4, 0.5) is 0 Å². The molecule has 0 amide bonds. The minimum atomic E-state index is -0.159. The van der Waals surface area contributed by atoms with E-state index in [2.05, 4.69) is 39.5 Å². The molecule has 0 spiro atoms. The van der Waals surface area contributed by atoms with Crippen LogP contribution in [0, 0.1) is 40.9 Å². The number of carbonyl (C=O) groups is 1. The minimum absolute atomic E-state index is 0.159. The molecule has 0 radical (unpaired) electrons. The summed E-state index contributed by atoms with van der Waals surface area (Å²) in [6.07, 6.45) is 8.72. The first-order chi connectivity index (χ1) is 8.50. The molecule has 98 valence electrons. The average molecular weight is 244 g/mol. The molecule has 2 saturated carbocycles. The molecule has 0 aromatic heterocycles. The van der Waals surface area contributed by atoms with Crippen molar-refractivity contribution >= 4 is 5.78 Å². The van der Waals surface area contributed by atoms with E-state index in [1.807, 2.05) is 6.08 Å². The summed E-state index contributed by atoms with van der Waals surface area (Å²) in [5.74, 6) is 3.79. The van der Waals surface area contributed by atoms with Crippen molar-refractivity contribution in [3.05, 3.63) is 24.8 Å². The Labute approximate surface area is 110 Å². The Morgan fingerprint density at radius 3 is 2.72 bits per heavy atom. The van der Waals surface area contributed by atoms with Crippen molar-refractivity contribution in [1.29, 1.82) is 0 Å². The van der Waals surface area contributed by atoms with E-state index in [1.165, 1.54) is 6.42 Å². The number of hydrogen-bond donors (Lipinski definition) is 0. The summed E-state index contributed by atoms with van der Waals surface area (Å²) < 4.78 is 0. The SMILES string of the molecule is C=CC[C@]1(C)C(=O)C2C3C=CC(C3)C2[C@H]1C(C)C. The van der Waals surface area contributed by atoms with Crippen molar-refractivity contribution in [2.75, 3.05) is 0 Å². The van der Waals surface area contributed by atoms with Gasteiger partial charge in [-0.3, -0.25) is 4.79 Å². The number of fused-ring (bicyclic) bond motifs is 5. The molecule has 3 aliphatic carbocycles. The second kappa shape index (κ2) is 3.82. The Hall–Kier alpha value is -0.850. The highest BCUT2D eigenvalue weighted by molar-refractivity contribution is 5.91. The number of allylic oxidation sites excluding steroid dienone is 3. The van der Waals surface area contributed by atoms with E-state index in [9.17, 15) is 4.79 Å². The van der Waals surface area contributed by atoms with Crippen LogP contribution in [-0.4, -0.2) is 5.78 Å². The molecule has 2 bridgehead atoms. The lowest BCUT2D eigenvalue weighted by atomic mass is 9.67. The van der Waals surface area contributed by atoms with Crippen molar-refractivity contribution in [3.63, 3.8) is 0 Å². The largest absolute Gasteiger partial charge is 0.299 e. The van der Waals surface area contributed by atoms with Crippen LogP contribution in [-0.2, 0) is 4.79 Å². The molecule has 1 nitrogen and oxygen atoms in total. The Balaban J connectivity index is 2.04. The van der Waals surface area contributed by atoms with Gasteiger partial charge in [0.25, 0.3) is 0 Å². The molecule has 0 saturated heterocycles. The zero-order chi connectivity index (χ0) is 13.1. The molecular weight excluding hydrogens is 220 g/mol. The lowest BCUT2D eigenvalue weighted by Gasteiger charge is -2.36. The van der Waals surface area contributed by atoms with E-state index >= 15 is 0 Å².